The van der Waals surface area contributed by atoms with Crippen molar-refractivity contribution in [3.05, 3.63) is 0 Å². The molecule has 0 aromatic rings. The number of ether oxygens (including phenoxy) is 2. The Kier molecular flexibility index (Phi) is 6.17. The number of methoxy groups -OCH3 is 2. The standard InChI is InChI=1S/C10H19NO3.ClH/c1-13-7-8-3-5-10(11,6-4-8)9(12)14-2;/h8H,3-7,11H2,1-2H3;1H/t8-,10+;. The van der Waals surface area contributed by atoms with Crippen molar-refractivity contribution in [3.63, 3.8) is 0 Å². The highest BCUT2D eigenvalue weighted by atomic mass is 35.5. The number of hydrogen-bond donors (Lipinski definition) is 1. The predicted octanol–water partition coefficient (Wildman–Crippen LogP) is 1.12. The Labute approximate surface area is 96.9 Å². The molecule has 15 heavy (non-hydrogen) atoms. The van der Waals surface area contributed by atoms with E-state index in [1.807, 2.05) is 0 Å². The van der Waals surface area contributed by atoms with Gasteiger partial charge in [-0.25, -0.2) is 0 Å². The number of carbonyl (C=O) groups excluding carboxylic acids is 1. The van der Waals surface area contributed by atoms with Gasteiger partial charge in [-0.1, -0.05) is 0 Å². The van der Waals surface area contributed by atoms with Crippen LogP contribution < -0.4 is 5.73 Å². The molecule has 90 valence electrons. The van der Waals surface area contributed by atoms with Gasteiger partial charge in [0.25, 0.3) is 0 Å². The van der Waals surface area contributed by atoms with Crippen LogP contribution in [0.1, 0.15) is 25.7 Å². The lowest BCUT2D eigenvalue weighted by atomic mass is 9.77. The molecule has 0 atom stereocenters. The molecule has 1 aliphatic rings. The lowest BCUT2D eigenvalue weighted by molar-refractivity contribution is -0.148. The first-order valence-corrected chi connectivity index (χ1v) is 4.98. The van der Waals surface area contributed by atoms with Crippen LogP contribution >= 0.6 is 12.4 Å². The molecular formula is C10H20ClNO3. The maximum absolute atomic E-state index is 11.4. The fraction of sp³-hybridized carbons (Fsp3) is 0.900. The van der Waals surface area contributed by atoms with Crippen molar-refractivity contribution in [3.8, 4) is 0 Å². The average molecular weight is 238 g/mol. The largest absolute Gasteiger partial charge is 0.468 e. The summed E-state index contributed by atoms with van der Waals surface area (Å²) >= 11 is 0. The molecular weight excluding hydrogens is 218 g/mol. The minimum atomic E-state index is -0.751. The number of carbonyl (C=O) groups is 1. The fourth-order valence-electron chi connectivity index (χ4n) is 2.00. The molecule has 1 aliphatic carbocycles. The van der Waals surface area contributed by atoms with Gasteiger partial charge in [0.1, 0.15) is 5.54 Å². The van der Waals surface area contributed by atoms with E-state index in [2.05, 4.69) is 0 Å². The molecule has 4 nitrogen and oxygen atoms in total. The maximum Gasteiger partial charge on any atom is 0.325 e. The minimum absolute atomic E-state index is 0. The molecule has 0 radical (unpaired) electrons. The van der Waals surface area contributed by atoms with Crippen LogP contribution in [0.2, 0.25) is 0 Å². The monoisotopic (exact) mass is 237 g/mol. The second-order valence-electron chi connectivity index (χ2n) is 4.05. The molecule has 0 aromatic carbocycles. The zero-order chi connectivity index (χ0) is 10.6. The lowest BCUT2D eigenvalue weighted by Crippen LogP contribution is -2.51. The Balaban J connectivity index is 0.00000196. The minimum Gasteiger partial charge on any atom is -0.468 e. The van der Waals surface area contributed by atoms with E-state index in [0.29, 0.717) is 18.8 Å². The van der Waals surface area contributed by atoms with E-state index < -0.39 is 5.54 Å². The summed E-state index contributed by atoms with van der Waals surface area (Å²) in [4.78, 5) is 11.4. The van der Waals surface area contributed by atoms with Crippen LogP contribution in [-0.4, -0.2) is 32.3 Å². The fourth-order valence-corrected chi connectivity index (χ4v) is 2.00. The molecule has 0 saturated heterocycles. The van der Waals surface area contributed by atoms with E-state index in [9.17, 15) is 4.79 Å². The summed E-state index contributed by atoms with van der Waals surface area (Å²) in [7, 11) is 3.09. The van der Waals surface area contributed by atoms with Crippen LogP contribution in [0.15, 0.2) is 0 Å². The molecule has 0 aromatic heterocycles. The van der Waals surface area contributed by atoms with Crippen LogP contribution in [0.25, 0.3) is 0 Å². The normalized spacial score (nSPS) is 30.5. The highest BCUT2D eigenvalue weighted by Crippen LogP contribution is 2.31. The molecule has 5 heteroatoms. The molecule has 0 heterocycles. The smallest absolute Gasteiger partial charge is 0.325 e. The van der Waals surface area contributed by atoms with E-state index in [-0.39, 0.29) is 18.4 Å². The van der Waals surface area contributed by atoms with Crippen molar-refractivity contribution >= 4 is 18.4 Å². The van der Waals surface area contributed by atoms with E-state index in [0.717, 1.165) is 19.4 Å². The summed E-state index contributed by atoms with van der Waals surface area (Å²) in [5.41, 5.74) is 5.21. The SMILES string of the molecule is COC[C@H]1CC[C@](N)(C(=O)OC)CC1.Cl. The Bertz CT molecular complexity index is 203. The summed E-state index contributed by atoms with van der Waals surface area (Å²) in [5, 5.41) is 0. The van der Waals surface area contributed by atoms with Gasteiger partial charge in [-0.3, -0.25) is 4.79 Å². The van der Waals surface area contributed by atoms with Crippen molar-refractivity contribution in [2.75, 3.05) is 20.8 Å². The van der Waals surface area contributed by atoms with Crippen LogP contribution in [0.4, 0.5) is 0 Å². The van der Waals surface area contributed by atoms with Crippen molar-refractivity contribution in [1.29, 1.82) is 0 Å². The Hall–Kier alpha value is -0.320. The van der Waals surface area contributed by atoms with Gasteiger partial charge in [0, 0.05) is 13.7 Å². The zero-order valence-corrected chi connectivity index (χ0v) is 10.1. The summed E-state index contributed by atoms with van der Waals surface area (Å²) in [6, 6.07) is 0. The topological polar surface area (TPSA) is 61.5 Å². The maximum atomic E-state index is 11.4. The molecule has 0 bridgehead atoms. The molecule has 1 fully saturated rings. The third kappa shape index (κ3) is 3.63. The number of rotatable bonds is 3. The van der Waals surface area contributed by atoms with Crippen molar-refractivity contribution in [2.24, 2.45) is 11.7 Å². The molecule has 2 N–H and O–H groups in total. The quantitative estimate of drug-likeness (QED) is 0.748. The Morgan fingerprint density at radius 2 is 1.93 bits per heavy atom. The second kappa shape index (κ2) is 6.30. The second-order valence-corrected chi connectivity index (χ2v) is 4.05. The molecule has 1 rings (SSSR count). The van der Waals surface area contributed by atoms with Crippen LogP contribution in [0.3, 0.4) is 0 Å². The van der Waals surface area contributed by atoms with Crippen molar-refractivity contribution in [1.82, 2.24) is 0 Å². The molecule has 0 spiro atoms. The van der Waals surface area contributed by atoms with Gasteiger partial charge in [-0.15, -0.1) is 12.4 Å². The van der Waals surface area contributed by atoms with Crippen molar-refractivity contribution < 1.29 is 14.3 Å². The van der Waals surface area contributed by atoms with Crippen LogP contribution in [-0.2, 0) is 14.3 Å². The zero-order valence-electron chi connectivity index (χ0n) is 9.32. The Morgan fingerprint density at radius 1 is 1.40 bits per heavy atom. The van der Waals surface area contributed by atoms with Crippen LogP contribution in [0.5, 0.6) is 0 Å². The highest BCUT2D eigenvalue weighted by molar-refractivity contribution is 5.85. The molecule has 0 aliphatic heterocycles. The van der Waals surface area contributed by atoms with Crippen LogP contribution in [0, 0.1) is 5.92 Å². The Morgan fingerprint density at radius 3 is 2.33 bits per heavy atom. The first-order chi connectivity index (χ1) is 6.62. The molecule has 0 amide bonds. The van der Waals surface area contributed by atoms with Gasteiger partial charge in [0.2, 0.25) is 0 Å². The summed E-state index contributed by atoms with van der Waals surface area (Å²) < 4.78 is 9.77. The number of halogens is 1. The van der Waals surface area contributed by atoms with Crippen molar-refractivity contribution in [2.45, 2.75) is 31.2 Å². The predicted molar refractivity (Wildman–Crippen MR) is 60.0 cm³/mol. The first-order valence-electron chi connectivity index (χ1n) is 4.98. The number of hydrogen-bond acceptors (Lipinski definition) is 4. The first kappa shape index (κ1) is 14.7. The van der Waals surface area contributed by atoms with E-state index in [4.69, 9.17) is 15.2 Å². The number of nitrogens with two attached hydrogens (primary N) is 1. The molecule has 1 saturated carbocycles. The van der Waals surface area contributed by atoms with E-state index in [1.54, 1.807) is 7.11 Å². The molecule has 0 unspecified atom stereocenters. The third-order valence-electron chi connectivity index (χ3n) is 2.99. The summed E-state index contributed by atoms with van der Waals surface area (Å²) in [6.45, 7) is 0.761. The number of esters is 1. The van der Waals surface area contributed by atoms with E-state index in [1.165, 1.54) is 7.11 Å². The summed E-state index contributed by atoms with van der Waals surface area (Å²) in [6.07, 6.45) is 3.29. The van der Waals surface area contributed by atoms with Gasteiger partial charge in [-0.2, -0.15) is 0 Å². The van der Waals surface area contributed by atoms with Gasteiger partial charge in [0.15, 0.2) is 0 Å². The average Bonchev–Trinajstić information content (AvgIpc) is 2.21. The highest BCUT2D eigenvalue weighted by Gasteiger charge is 2.38. The van der Waals surface area contributed by atoms with E-state index >= 15 is 0 Å². The third-order valence-corrected chi connectivity index (χ3v) is 2.99. The summed E-state index contributed by atoms with van der Waals surface area (Å²) in [5.74, 6) is 0.259. The lowest BCUT2D eigenvalue weighted by Gasteiger charge is -2.34. The van der Waals surface area contributed by atoms with Gasteiger partial charge in [-0.05, 0) is 31.6 Å². The van der Waals surface area contributed by atoms with Gasteiger partial charge in [0.05, 0.1) is 7.11 Å². The van der Waals surface area contributed by atoms with Gasteiger partial charge >= 0.3 is 5.97 Å². The van der Waals surface area contributed by atoms with Gasteiger partial charge < -0.3 is 15.2 Å².